The predicted octanol–water partition coefficient (Wildman–Crippen LogP) is 2.19. The fourth-order valence-corrected chi connectivity index (χ4v) is 3.91. The molecule has 0 saturated heterocycles. The number of hydrogen-bond donors (Lipinski definition) is 1. The summed E-state index contributed by atoms with van der Waals surface area (Å²) in [6.07, 6.45) is 6.71. The summed E-state index contributed by atoms with van der Waals surface area (Å²) in [5.74, 6) is 1.03. The minimum Gasteiger partial charge on any atom is -0.396 e. The molecule has 2 aliphatic rings. The van der Waals surface area contributed by atoms with Crippen LogP contribution in [-0.4, -0.2) is 30.7 Å². The van der Waals surface area contributed by atoms with Gasteiger partial charge in [0.15, 0.2) is 0 Å². The lowest BCUT2D eigenvalue weighted by molar-refractivity contribution is -0.144. The van der Waals surface area contributed by atoms with Crippen LogP contribution in [0.2, 0.25) is 0 Å². The zero-order valence-electron chi connectivity index (χ0n) is 11.2. The van der Waals surface area contributed by atoms with Crippen molar-refractivity contribution in [2.24, 2.45) is 23.7 Å². The molecule has 2 saturated carbocycles. The Bertz CT molecular complexity index is 313. The minimum atomic E-state index is 0.0737. The van der Waals surface area contributed by atoms with E-state index in [2.05, 4.69) is 6.58 Å². The molecule has 2 fully saturated rings. The van der Waals surface area contributed by atoms with E-state index in [4.69, 9.17) is 4.74 Å². The summed E-state index contributed by atoms with van der Waals surface area (Å²) in [6.45, 7) is 3.90. The van der Waals surface area contributed by atoms with Gasteiger partial charge in [0.05, 0.1) is 6.10 Å². The molecular weight excluding hydrogens is 228 g/mol. The molecule has 1 N–H and O–H groups in total. The lowest BCUT2D eigenvalue weighted by Gasteiger charge is -2.45. The zero-order chi connectivity index (χ0) is 13.1. The number of methoxy groups -OCH3 is 1. The Balaban J connectivity index is 2.18. The number of Topliss-reactive ketones (excluding diaryl/α,β-unsaturated/α-hetero) is 1. The Kier molecular flexibility index (Phi) is 4.57. The van der Waals surface area contributed by atoms with Gasteiger partial charge in [-0.2, -0.15) is 0 Å². The van der Waals surface area contributed by atoms with Crippen molar-refractivity contribution in [1.82, 2.24) is 0 Å². The SMILES string of the molecule is C=CC[C@H](OC)[C@@H]1C[C@H](CO)[C@H]2CCC[C@@H]1C2=O. The number of carbonyl (C=O) groups is 1. The van der Waals surface area contributed by atoms with Gasteiger partial charge in [-0.1, -0.05) is 12.5 Å². The van der Waals surface area contributed by atoms with Gasteiger partial charge in [-0.25, -0.2) is 0 Å². The maximum Gasteiger partial charge on any atom is 0.139 e. The van der Waals surface area contributed by atoms with E-state index in [1.807, 2.05) is 6.08 Å². The van der Waals surface area contributed by atoms with Crippen molar-refractivity contribution in [2.45, 2.75) is 38.2 Å². The second-order valence-corrected chi connectivity index (χ2v) is 5.69. The molecule has 2 aliphatic carbocycles. The first kappa shape index (κ1) is 13.8. The van der Waals surface area contributed by atoms with E-state index < -0.39 is 0 Å². The van der Waals surface area contributed by atoms with Crippen LogP contribution in [0.25, 0.3) is 0 Å². The van der Waals surface area contributed by atoms with Crippen molar-refractivity contribution < 1.29 is 14.6 Å². The molecule has 0 radical (unpaired) electrons. The van der Waals surface area contributed by atoms with E-state index in [0.29, 0.717) is 5.78 Å². The quantitative estimate of drug-likeness (QED) is 0.763. The molecule has 3 heteroatoms. The second-order valence-electron chi connectivity index (χ2n) is 5.69. The van der Waals surface area contributed by atoms with Crippen LogP contribution in [0.4, 0.5) is 0 Å². The van der Waals surface area contributed by atoms with E-state index in [1.165, 1.54) is 0 Å². The Morgan fingerprint density at radius 2 is 2.22 bits per heavy atom. The van der Waals surface area contributed by atoms with Gasteiger partial charge in [0.2, 0.25) is 0 Å². The topological polar surface area (TPSA) is 46.5 Å². The van der Waals surface area contributed by atoms with Gasteiger partial charge in [-0.3, -0.25) is 4.79 Å². The Morgan fingerprint density at radius 3 is 2.83 bits per heavy atom. The lowest BCUT2D eigenvalue weighted by Crippen LogP contribution is -2.48. The van der Waals surface area contributed by atoms with Gasteiger partial charge in [-0.05, 0) is 37.5 Å². The minimum absolute atomic E-state index is 0.0737. The van der Waals surface area contributed by atoms with E-state index >= 15 is 0 Å². The molecule has 0 aromatic heterocycles. The van der Waals surface area contributed by atoms with Gasteiger partial charge in [-0.15, -0.1) is 6.58 Å². The third-order valence-electron chi connectivity index (χ3n) is 4.84. The fraction of sp³-hybridized carbons (Fsp3) is 0.800. The molecular formula is C15H24O3. The number of carbonyl (C=O) groups excluding carboxylic acids is 1. The van der Waals surface area contributed by atoms with E-state index in [0.717, 1.165) is 32.1 Å². The molecule has 0 amide bonds. The zero-order valence-corrected chi connectivity index (χ0v) is 11.2. The Morgan fingerprint density at radius 1 is 1.50 bits per heavy atom. The summed E-state index contributed by atoms with van der Waals surface area (Å²) in [5.41, 5.74) is 0. The molecule has 0 spiro atoms. The van der Waals surface area contributed by atoms with Gasteiger partial charge >= 0.3 is 0 Å². The van der Waals surface area contributed by atoms with E-state index in [9.17, 15) is 9.90 Å². The Hall–Kier alpha value is -0.670. The molecule has 0 heterocycles. The van der Waals surface area contributed by atoms with Crippen molar-refractivity contribution >= 4 is 5.78 Å². The number of ketones is 1. The molecule has 2 rings (SSSR count). The number of aliphatic hydroxyl groups excluding tert-OH is 1. The largest absolute Gasteiger partial charge is 0.396 e. The predicted molar refractivity (Wildman–Crippen MR) is 70.1 cm³/mol. The highest BCUT2D eigenvalue weighted by Gasteiger charge is 2.47. The molecule has 0 aliphatic heterocycles. The van der Waals surface area contributed by atoms with E-state index in [1.54, 1.807) is 7.11 Å². The number of ether oxygens (including phenoxy) is 1. The highest BCUT2D eigenvalue weighted by molar-refractivity contribution is 5.85. The van der Waals surface area contributed by atoms with Gasteiger partial charge in [0.25, 0.3) is 0 Å². The number of rotatable bonds is 5. The summed E-state index contributed by atoms with van der Waals surface area (Å²) < 4.78 is 5.56. The normalized spacial score (nSPS) is 37.3. The van der Waals surface area contributed by atoms with Crippen LogP contribution in [0, 0.1) is 23.7 Å². The average Bonchev–Trinajstić information content (AvgIpc) is 2.37. The van der Waals surface area contributed by atoms with Crippen LogP contribution in [0.15, 0.2) is 12.7 Å². The number of hydrogen-bond acceptors (Lipinski definition) is 3. The van der Waals surface area contributed by atoms with E-state index in [-0.39, 0.29) is 36.4 Å². The fourth-order valence-electron chi connectivity index (χ4n) is 3.91. The molecule has 5 atom stereocenters. The molecule has 0 unspecified atom stereocenters. The average molecular weight is 252 g/mol. The van der Waals surface area contributed by atoms with Crippen LogP contribution in [0.5, 0.6) is 0 Å². The van der Waals surface area contributed by atoms with Crippen molar-refractivity contribution in [1.29, 1.82) is 0 Å². The third kappa shape index (κ3) is 2.39. The second kappa shape index (κ2) is 5.98. The first-order valence-electron chi connectivity index (χ1n) is 7.01. The van der Waals surface area contributed by atoms with Crippen LogP contribution in [0.1, 0.15) is 32.1 Å². The maximum atomic E-state index is 12.4. The highest BCUT2D eigenvalue weighted by atomic mass is 16.5. The van der Waals surface area contributed by atoms with Crippen molar-refractivity contribution in [3.63, 3.8) is 0 Å². The third-order valence-corrected chi connectivity index (χ3v) is 4.84. The first-order valence-corrected chi connectivity index (χ1v) is 7.01. The summed E-state index contributed by atoms with van der Waals surface area (Å²) in [4.78, 5) is 12.4. The first-order chi connectivity index (χ1) is 8.72. The molecule has 18 heavy (non-hydrogen) atoms. The molecule has 102 valence electrons. The Labute approximate surface area is 109 Å². The summed E-state index contributed by atoms with van der Waals surface area (Å²) in [6, 6.07) is 0. The smallest absolute Gasteiger partial charge is 0.139 e. The summed E-state index contributed by atoms with van der Waals surface area (Å²) >= 11 is 0. The monoisotopic (exact) mass is 252 g/mol. The number of aliphatic hydroxyl groups is 1. The van der Waals surface area contributed by atoms with Gasteiger partial charge < -0.3 is 9.84 Å². The molecule has 3 nitrogen and oxygen atoms in total. The molecule has 2 bridgehead atoms. The van der Waals surface area contributed by atoms with Crippen LogP contribution >= 0.6 is 0 Å². The maximum absolute atomic E-state index is 12.4. The van der Waals surface area contributed by atoms with Gasteiger partial charge in [0.1, 0.15) is 5.78 Å². The van der Waals surface area contributed by atoms with Crippen molar-refractivity contribution in [3.8, 4) is 0 Å². The highest BCUT2D eigenvalue weighted by Crippen LogP contribution is 2.46. The van der Waals surface area contributed by atoms with Crippen LogP contribution in [0.3, 0.4) is 0 Å². The molecule has 0 aromatic carbocycles. The summed E-state index contributed by atoms with van der Waals surface area (Å²) in [5, 5.41) is 9.51. The van der Waals surface area contributed by atoms with Crippen molar-refractivity contribution in [2.75, 3.05) is 13.7 Å². The number of fused-ring (bicyclic) bond motifs is 2. The van der Waals surface area contributed by atoms with Gasteiger partial charge in [0, 0.05) is 25.6 Å². The van der Waals surface area contributed by atoms with Crippen molar-refractivity contribution in [3.05, 3.63) is 12.7 Å². The van der Waals surface area contributed by atoms with Crippen LogP contribution in [-0.2, 0) is 9.53 Å². The molecule has 0 aromatic rings. The lowest BCUT2D eigenvalue weighted by atomic mass is 9.60. The standard InChI is InChI=1S/C15H24O3/c1-3-5-14(18-2)13-8-10(9-16)11-6-4-7-12(13)15(11)17/h3,10-14,16H,1,4-9H2,2H3/t10-,11-,12+,13-,14+/m1/s1. The summed E-state index contributed by atoms with van der Waals surface area (Å²) in [7, 11) is 1.71. The van der Waals surface area contributed by atoms with Crippen LogP contribution < -0.4 is 0 Å².